The minimum absolute atomic E-state index is 0.0900. The van der Waals surface area contributed by atoms with E-state index in [1.807, 2.05) is 11.8 Å². The van der Waals surface area contributed by atoms with Crippen LogP contribution in [0.3, 0.4) is 0 Å². The van der Waals surface area contributed by atoms with Crippen molar-refractivity contribution in [2.24, 2.45) is 0 Å². The van der Waals surface area contributed by atoms with Gasteiger partial charge in [0.2, 0.25) is 5.91 Å². The lowest BCUT2D eigenvalue weighted by Crippen LogP contribution is -2.46. The van der Waals surface area contributed by atoms with Crippen LogP contribution >= 0.6 is 11.8 Å². The number of hydrogen-bond donors (Lipinski definition) is 1. The molecule has 0 spiro atoms. The second kappa shape index (κ2) is 4.53. The van der Waals surface area contributed by atoms with Crippen LogP contribution in [0.1, 0.15) is 26.2 Å². The van der Waals surface area contributed by atoms with Crippen LogP contribution in [-0.2, 0) is 4.79 Å². The molecular formula is C10H18N2OS. The number of rotatable bonds is 2. The van der Waals surface area contributed by atoms with E-state index in [1.165, 1.54) is 12.8 Å². The zero-order valence-electron chi connectivity index (χ0n) is 8.66. The molecule has 1 amide bonds. The molecule has 0 aromatic rings. The normalized spacial score (nSPS) is 32.5. The van der Waals surface area contributed by atoms with Crippen LogP contribution in [0.25, 0.3) is 0 Å². The molecule has 2 heterocycles. The highest BCUT2D eigenvalue weighted by atomic mass is 32.2. The summed E-state index contributed by atoms with van der Waals surface area (Å²) < 4.78 is 0. The van der Waals surface area contributed by atoms with E-state index in [9.17, 15) is 4.79 Å². The van der Waals surface area contributed by atoms with E-state index in [4.69, 9.17) is 0 Å². The first-order valence-electron chi connectivity index (χ1n) is 5.44. The van der Waals surface area contributed by atoms with Gasteiger partial charge in [-0.2, -0.15) is 0 Å². The zero-order valence-corrected chi connectivity index (χ0v) is 9.48. The molecule has 2 saturated heterocycles. The Hall–Kier alpha value is -0.220. The molecule has 1 N–H and O–H groups in total. The molecule has 4 heteroatoms. The summed E-state index contributed by atoms with van der Waals surface area (Å²) in [4.78, 5) is 14.2. The highest BCUT2D eigenvalue weighted by molar-refractivity contribution is 7.99. The summed E-state index contributed by atoms with van der Waals surface area (Å²) in [6.45, 7) is 3.15. The summed E-state index contributed by atoms with van der Waals surface area (Å²) in [6, 6.07) is 0.599. The molecule has 2 aliphatic rings. The van der Waals surface area contributed by atoms with Gasteiger partial charge in [-0.05, 0) is 19.3 Å². The largest absolute Gasteiger partial charge is 0.338 e. The van der Waals surface area contributed by atoms with Gasteiger partial charge in [-0.1, -0.05) is 6.92 Å². The predicted octanol–water partition coefficient (Wildman–Crippen LogP) is 1.05. The molecule has 0 aromatic carbocycles. The second-order valence-electron chi connectivity index (χ2n) is 4.01. The number of carbonyl (C=O) groups excluding carboxylic acids is 1. The number of likely N-dealkylation sites (tertiary alicyclic amines) is 1. The summed E-state index contributed by atoms with van der Waals surface area (Å²) >= 11 is 1.82. The highest BCUT2D eigenvalue weighted by Gasteiger charge is 2.33. The Morgan fingerprint density at radius 2 is 2.50 bits per heavy atom. The van der Waals surface area contributed by atoms with E-state index in [0.29, 0.717) is 11.9 Å². The Balaban J connectivity index is 1.95. The van der Waals surface area contributed by atoms with Gasteiger partial charge >= 0.3 is 0 Å². The third kappa shape index (κ3) is 1.91. The third-order valence-corrected chi connectivity index (χ3v) is 4.09. The minimum atomic E-state index is 0.0900. The standard InChI is InChI=1S/C10H18N2OS/c1-2-8-4-3-5-12(8)10(13)9-6-14-7-11-9/h8-9,11H,2-7H2,1H3. The lowest BCUT2D eigenvalue weighted by Gasteiger charge is -2.26. The second-order valence-corrected chi connectivity index (χ2v) is 5.04. The molecule has 2 atom stereocenters. The smallest absolute Gasteiger partial charge is 0.240 e. The van der Waals surface area contributed by atoms with Crippen molar-refractivity contribution >= 4 is 17.7 Å². The maximum absolute atomic E-state index is 12.1. The van der Waals surface area contributed by atoms with E-state index in [0.717, 1.165) is 24.6 Å². The van der Waals surface area contributed by atoms with Crippen molar-refractivity contribution in [3.8, 4) is 0 Å². The molecule has 2 rings (SSSR count). The van der Waals surface area contributed by atoms with Gasteiger partial charge in [0.1, 0.15) is 0 Å². The first kappa shape index (κ1) is 10.3. The summed E-state index contributed by atoms with van der Waals surface area (Å²) in [7, 11) is 0. The van der Waals surface area contributed by atoms with Gasteiger partial charge in [0.15, 0.2) is 0 Å². The van der Waals surface area contributed by atoms with Gasteiger partial charge in [0.25, 0.3) is 0 Å². The number of hydrogen-bond acceptors (Lipinski definition) is 3. The molecule has 2 aliphatic heterocycles. The Morgan fingerprint density at radius 3 is 3.14 bits per heavy atom. The van der Waals surface area contributed by atoms with Crippen molar-refractivity contribution in [2.45, 2.75) is 38.3 Å². The number of thioether (sulfide) groups is 1. The summed E-state index contributed by atoms with van der Waals surface area (Å²) in [5.74, 6) is 2.21. The first-order chi connectivity index (χ1) is 6.83. The number of nitrogens with one attached hydrogen (secondary N) is 1. The quantitative estimate of drug-likeness (QED) is 0.746. The molecule has 0 bridgehead atoms. The fourth-order valence-corrected chi connectivity index (χ4v) is 3.24. The molecule has 2 unspecified atom stereocenters. The third-order valence-electron chi connectivity index (χ3n) is 3.15. The molecule has 2 fully saturated rings. The highest BCUT2D eigenvalue weighted by Crippen LogP contribution is 2.22. The monoisotopic (exact) mass is 214 g/mol. The molecule has 3 nitrogen and oxygen atoms in total. The predicted molar refractivity (Wildman–Crippen MR) is 59.3 cm³/mol. The van der Waals surface area contributed by atoms with E-state index in [-0.39, 0.29) is 6.04 Å². The van der Waals surface area contributed by atoms with Crippen molar-refractivity contribution in [1.82, 2.24) is 10.2 Å². The number of amides is 1. The Labute approximate surface area is 89.6 Å². The molecule has 0 aromatic heterocycles. The summed E-state index contributed by atoms with van der Waals surface area (Å²) in [5, 5.41) is 3.25. The van der Waals surface area contributed by atoms with Gasteiger partial charge in [-0.25, -0.2) is 0 Å². The summed E-state index contributed by atoms with van der Waals surface area (Å²) in [5.41, 5.74) is 0. The molecule has 0 saturated carbocycles. The Bertz CT molecular complexity index is 216. The van der Waals surface area contributed by atoms with E-state index < -0.39 is 0 Å². The van der Waals surface area contributed by atoms with Crippen molar-refractivity contribution in [2.75, 3.05) is 18.2 Å². The molecule has 0 aliphatic carbocycles. The van der Waals surface area contributed by atoms with Crippen molar-refractivity contribution in [1.29, 1.82) is 0 Å². The lowest BCUT2D eigenvalue weighted by atomic mass is 10.1. The van der Waals surface area contributed by atoms with Crippen LogP contribution in [0, 0.1) is 0 Å². The SMILES string of the molecule is CCC1CCCN1C(=O)C1CSCN1. The van der Waals surface area contributed by atoms with Crippen LogP contribution in [0.4, 0.5) is 0 Å². The Kier molecular flexibility index (Phi) is 3.34. The lowest BCUT2D eigenvalue weighted by molar-refractivity contribution is -0.133. The molecule has 14 heavy (non-hydrogen) atoms. The van der Waals surface area contributed by atoms with Crippen molar-refractivity contribution in [3.63, 3.8) is 0 Å². The fraction of sp³-hybridized carbons (Fsp3) is 0.900. The van der Waals surface area contributed by atoms with Crippen molar-refractivity contribution in [3.05, 3.63) is 0 Å². The molecular weight excluding hydrogens is 196 g/mol. The van der Waals surface area contributed by atoms with E-state index in [1.54, 1.807) is 0 Å². The van der Waals surface area contributed by atoms with E-state index in [2.05, 4.69) is 17.1 Å². The maximum Gasteiger partial charge on any atom is 0.240 e. The minimum Gasteiger partial charge on any atom is -0.338 e. The Morgan fingerprint density at radius 1 is 1.64 bits per heavy atom. The maximum atomic E-state index is 12.1. The number of carbonyl (C=O) groups is 1. The average Bonchev–Trinajstić information content (AvgIpc) is 2.87. The van der Waals surface area contributed by atoms with Gasteiger partial charge in [0, 0.05) is 24.2 Å². The topological polar surface area (TPSA) is 32.3 Å². The van der Waals surface area contributed by atoms with Crippen LogP contribution in [0.15, 0.2) is 0 Å². The summed E-state index contributed by atoms with van der Waals surface area (Å²) in [6.07, 6.45) is 3.48. The molecule has 0 radical (unpaired) electrons. The van der Waals surface area contributed by atoms with Gasteiger partial charge in [-0.3, -0.25) is 10.1 Å². The van der Waals surface area contributed by atoms with Gasteiger partial charge < -0.3 is 4.90 Å². The zero-order chi connectivity index (χ0) is 9.97. The average molecular weight is 214 g/mol. The van der Waals surface area contributed by atoms with E-state index >= 15 is 0 Å². The van der Waals surface area contributed by atoms with Crippen LogP contribution in [0.5, 0.6) is 0 Å². The van der Waals surface area contributed by atoms with Crippen LogP contribution in [0.2, 0.25) is 0 Å². The van der Waals surface area contributed by atoms with Crippen LogP contribution in [-0.4, -0.2) is 41.1 Å². The first-order valence-corrected chi connectivity index (χ1v) is 6.60. The number of nitrogens with zero attached hydrogens (tertiary/aromatic N) is 1. The van der Waals surface area contributed by atoms with Crippen LogP contribution < -0.4 is 5.32 Å². The van der Waals surface area contributed by atoms with Gasteiger partial charge in [0.05, 0.1) is 6.04 Å². The van der Waals surface area contributed by atoms with Crippen molar-refractivity contribution < 1.29 is 4.79 Å². The molecule has 80 valence electrons. The van der Waals surface area contributed by atoms with Gasteiger partial charge in [-0.15, -0.1) is 11.8 Å². The fourth-order valence-electron chi connectivity index (χ4n) is 2.30.